The third kappa shape index (κ3) is 3.46. The van der Waals surface area contributed by atoms with Gasteiger partial charge in [0, 0.05) is 15.3 Å². The Bertz CT molecular complexity index is 903. The van der Waals surface area contributed by atoms with Gasteiger partial charge in [0.2, 0.25) is 0 Å². The highest BCUT2D eigenvalue weighted by molar-refractivity contribution is 14.1. The molecule has 0 saturated heterocycles. The second kappa shape index (κ2) is 6.83. The van der Waals surface area contributed by atoms with E-state index in [4.69, 9.17) is 4.42 Å². The van der Waals surface area contributed by atoms with Gasteiger partial charge >= 0.3 is 0 Å². The van der Waals surface area contributed by atoms with Crippen LogP contribution in [0.25, 0.3) is 11.3 Å². The maximum atomic E-state index is 12.2. The Labute approximate surface area is 150 Å². The molecule has 0 aliphatic carbocycles. The fourth-order valence-electron chi connectivity index (χ4n) is 2.17. The summed E-state index contributed by atoms with van der Waals surface area (Å²) in [5.41, 5.74) is 0.899. The van der Waals surface area contributed by atoms with Gasteiger partial charge in [-0.2, -0.15) is 0 Å². The van der Waals surface area contributed by atoms with Crippen molar-refractivity contribution in [1.29, 1.82) is 0 Å². The minimum atomic E-state index is -0.483. The maximum absolute atomic E-state index is 12.2. The van der Waals surface area contributed by atoms with Gasteiger partial charge in [-0.15, -0.1) is 0 Å². The number of nitro benzene ring substituents is 1. The minimum Gasteiger partial charge on any atom is -0.451 e. The molecular weight excluding hydrogens is 423 g/mol. The average molecular weight is 434 g/mol. The molecule has 3 aromatic rings. The largest absolute Gasteiger partial charge is 0.451 e. The van der Waals surface area contributed by atoms with Crippen molar-refractivity contribution in [3.05, 3.63) is 80.1 Å². The molecule has 0 fully saturated rings. The third-order valence-corrected chi connectivity index (χ3v) is 4.02. The Morgan fingerprint density at radius 1 is 1.04 bits per heavy atom. The number of anilines is 1. The Morgan fingerprint density at radius 2 is 1.75 bits per heavy atom. The molecule has 7 heteroatoms. The van der Waals surface area contributed by atoms with Gasteiger partial charge < -0.3 is 9.73 Å². The van der Waals surface area contributed by atoms with Crippen LogP contribution in [0.3, 0.4) is 0 Å². The second-order valence-electron chi connectivity index (χ2n) is 4.90. The first kappa shape index (κ1) is 16.2. The van der Waals surface area contributed by atoms with E-state index in [2.05, 4.69) is 27.9 Å². The quantitative estimate of drug-likeness (QED) is 0.366. The van der Waals surface area contributed by atoms with Crippen molar-refractivity contribution in [2.75, 3.05) is 5.32 Å². The third-order valence-electron chi connectivity index (χ3n) is 3.30. The van der Waals surface area contributed by atoms with Gasteiger partial charge in [-0.3, -0.25) is 14.9 Å². The predicted molar refractivity (Wildman–Crippen MR) is 97.9 cm³/mol. The van der Waals surface area contributed by atoms with Crippen LogP contribution in [0.2, 0.25) is 0 Å². The summed E-state index contributed by atoms with van der Waals surface area (Å²) in [4.78, 5) is 22.8. The molecule has 1 aromatic heterocycles. The molecule has 2 aromatic carbocycles. The molecule has 0 atom stereocenters. The highest BCUT2D eigenvalue weighted by Gasteiger charge is 2.19. The molecule has 24 heavy (non-hydrogen) atoms. The van der Waals surface area contributed by atoms with Crippen LogP contribution in [0, 0.1) is 13.7 Å². The molecular formula is C17H11IN2O4. The number of amides is 1. The van der Waals surface area contributed by atoms with Crippen molar-refractivity contribution >= 4 is 39.9 Å². The number of carbonyl (C=O) groups excluding carboxylic acids is 1. The lowest BCUT2D eigenvalue weighted by Crippen LogP contribution is -2.10. The van der Waals surface area contributed by atoms with Gasteiger partial charge in [-0.1, -0.05) is 12.1 Å². The molecule has 6 nitrogen and oxygen atoms in total. The lowest BCUT2D eigenvalue weighted by atomic mass is 10.1. The molecule has 0 bridgehead atoms. The summed E-state index contributed by atoms with van der Waals surface area (Å²) in [7, 11) is 0. The standard InChI is InChI=1S/C17H11IN2O4/c18-11-5-7-12(8-6-11)19-17(21)16-10-9-15(24-16)13-3-1-2-4-14(13)20(22)23/h1-10H,(H,19,21). The average Bonchev–Trinajstić information content (AvgIpc) is 3.07. The van der Waals surface area contributed by atoms with E-state index < -0.39 is 10.8 Å². The molecule has 0 saturated carbocycles. The van der Waals surface area contributed by atoms with Gasteiger partial charge in [0.25, 0.3) is 11.6 Å². The monoisotopic (exact) mass is 434 g/mol. The maximum Gasteiger partial charge on any atom is 0.291 e. The van der Waals surface area contributed by atoms with Crippen LogP contribution >= 0.6 is 22.6 Å². The fourth-order valence-corrected chi connectivity index (χ4v) is 2.53. The molecule has 1 heterocycles. The highest BCUT2D eigenvalue weighted by Crippen LogP contribution is 2.31. The molecule has 120 valence electrons. The van der Waals surface area contributed by atoms with Gasteiger partial charge in [-0.05, 0) is 65.1 Å². The number of nitro groups is 1. The number of carbonyl (C=O) groups is 1. The van der Waals surface area contributed by atoms with E-state index in [1.54, 1.807) is 36.4 Å². The Kier molecular flexibility index (Phi) is 4.61. The zero-order valence-electron chi connectivity index (χ0n) is 12.2. The number of hydrogen-bond donors (Lipinski definition) is 1. The molecule has 3 rings (SSSR count). The zero-order chi connectivity index (χ0) is 17.1. The van der Waals surface area contributed by atoms with Crippen LogP contribution in [0.1, 0.15) is 10.6 Å². The molecule has 0 radical (unpaired) electrons. The number of nitrogens with one attached hydrogen (secondary N) is 1. The van der Waals surface area contributed by atoms with E-state index in [9.17, 15) is 14.9 Å². The Hall–Kier alpha value is -2.68. The fraction of sp³-hybridized carbons (Fsp3) is 0. The Balaban J connectivity index is 1.84. The summed E-state index contributed by atoms with van der Waals surface area (Å²) in [6.45, 7) is 0. The van der Waals surface area contributed by atoms with Crippen LogP contribution < -0.4 is 5.32 Å². The first-order valence-electron chi connectivity index (χ1n) is 6.95. The van der Waals surface area contributed by atoms with Crippen LogP contribution in [0.15, 0.2) is 65.1 Å². The van der Waals surface area contributed by atoms with E-state index in [0.29, 0.717) is 11.3 Å². The number of nitrogens with zero attached hydrogens (tertiary/aromatic N) is 1. The van der Waals surface area contributed by atoms with Gasteiger partial charge in [0.05, 0.1) is 10.5 Å². The molecule has 0 aliphatic rings. The van der Waals surface area contributed by atoms with E-state index in [1.165, 1.54) is 12.1 Å². The van der Waals surface area contributed by atoms with Gasteiger partial charge in [-0.25, -0.2) is 0 Å². The molecule has 1 N–H and O–H groups in total. The zero-order valence-corrected chi connectivity index (χ0v) is 14.4. The lowest BCUT2D eigenvalue weighted by molar-refractivity contribution is -0.384. The SMILES string of the molecule is O=C(Nc1ccc(I)cc1)c1ccc(-c2ccccc2[N+](=O)[O-])o1. The predicted octanol–water partition coefficient (Wildman–Crippen LogP) is 4.71. The van der Waals surface area contributed by atoms with Gasteiger partial charge in [0.15, 0.2) is 5.76 Å². The van der Waals surface area contributed by atoms with E-state index in [1.807, 2.05) is 12.1 Å². The van der Waals surface area contributed by atoms with Crippen LogP contribution in [0.5, 0.6) is 0 Å². The van der Waals surface area contributed by atoms with E-state index >= 15 is 0 Å². The summed E-state index contributed by atoms with van der Waals surface area (Å²) in [6.07, 6.45) is 0. The number of hydrogen-bond acceptors (Lipinski definition) is 4. The molecule has 1 amide bonds. The summed E-state index contributed by atoms with van der Waals surface area (Å²) in [5, 5.41) is 13.8. The number of benzene rings is 2. The summed E-state index contributed by atoms with van der Waals surface area (Å²) in [6, 6.07) is 16.6. The number of halogens is 1. The number of furan rings is 1. The first-order valence-corrected chi connectivity index (χ1v) is 8.03. The number of para-hydroxylation sites is 1. The Morgan fingerprint density at radius 3 is 2.46 bits per heavy atom. The molecule has 0 spiro atoms. The molecule has 0 aliphatic heterocycles. The van der Waals surface area contributed by atoms with Crippen molar-refractivity contribution < 1.29 is 14.1 Å². The smallest absolute Gasteiger partial charge is 0.291 e. The van der Waals surface area contributed by atoms with E-state index in [0.717, 1.165) is 3.57 Å². The minimum absolute atomic E-state index is 0.0727. The number of rotatable bonds is 4. The topological polar surface area (TPSA) is 85.4 Å². The van der Waals surface area contributed by atoms with Gasteiger partial charge in [0.1, 0.15) is 5.76 Å². The van der Waals surface area contributed by atoms with Crippen LogP contribution in [0.4, 0.5) is 11.4 Å². The van der Waals surface area contributed by atoms with Crippen molar-refractivity contribution in [2.45, 2.75) is 0 Å². The van der Waals surface area contributed by atoms with Crippen molar-refractivity contribution in [1.82, 2.24) is 0 Å². The highest BCUT2D eigenvalue weighted by atomic mass is 127. The van der Waals surface area contributed by atoms with Crippen LogP contribution in [-0.2, 0) is 0 Å². The first-order chi connectivity index (χ1) is 11.5. The normalized spacial score (nSPS) is 10.4. The second-order valence-corrected chi connectivity index (χ2v) is 6.14. The summed E-state index contributed by atoms with van der Waals surface area (Å²) < 4.78 is 6.56. The van der Waals surface area contributed by atoms with E-state index in [-0.39, 0.29) is 17.2 Å². The molecule has 0 unspecified atom stereocenters. The van der Waals surface area contributed by atoms with Crippen molar-refractivity contribution in [3.63, 3.8) is 0 Å². The lowest BCUT2D eigenvalue weighted by Gasteiger charge is -2.03. The summed E-state index contributed by atoms with van der Waals surface area (Å²) in [5.74, 6) is -0.0576. The van der Waals surface area contributed by atoms with Crippen molar-refractivity contribution in [2.24, 2.45) is 0 Å². The van der Waals surface area contributed by atoms with Crippen molar-refractivity contribution in [3.8, 4) is 11.3 Å². The van der Waals surface area contributed by atoms with Crippen LogP contribution in [-0.4, -0.2) is 10.8 Å². The summed E-state index contributed by atoms with van der Waals surface area (Å²) >= 11 is 2.17.